The van der Waals surface area contributed by atoms with Crippen molar-refractivity contribution >= 4 is 45.4 Å². The van der Waals surface area contributed by atoms with E-state index in [1.807, 2.05) is 0 Å². The van der Waals surface area contributed by atoms with Crippen molar-refractivity contribution in [2.75, 3.05) is 0 Å². The zero-order chi connectivity index (χ0) is 31.5. The number of fused-ring (bicyclic) bond motifs is 2. The van der Waals surface area contributed by atoms with Crippen molar-refractivity contribution in [2.24, 2.45) is 0 Å². The Kier molecular flexibility index (Phi) is 7.65. The standard InChI is InChI=1S/C36H22O9/c37-29-10-15-31(16-11-29)44-35(41)26-4-1-23-18-28(5-2-22(23)17-26)36(42)45-32-14-9-24-19-27(6-3-25(24)20-32)34(40)43-30-12-7-21(8-13-30)33(38)39/h1-20,37H,(H,38,39). The zero-order valence-electron chi connectivity index (χ0n) is 23.3. The maximum Gasteiger partial charge on any atom is 0.343 e. The van der Waals surface area contributed by atoms with Crippen molar-refractivity contribution < 1.29 is 43.6 Å². The lowest BCUT2D eigenvalue weighted by atomic mass is 10.0. The summed E-state index contributed by atoms with van der Waals surface area (Å²) < 4.78 is 16.3. The van der Waals surface area contributed by atoms with Gasteiger partial charge in [-0.1, -0.05) is 24.3 Å². The van der Waals surface area contributed by atoms with Crippen LogP contribution < -0.4 is 14.2 Å². The molecule has 0 aliphatic rings. The summed E-state index contributed by atoms with van der Waals surface area (Å²) in [5.41, 5.74) is 1.02. The summed E-state index contributed by atoms with van der Waals surface area (Å²) in [6.07, 6.45) is 0. The van der Waals surface area contributed by atoms with Gasteiger partial charge in [0.2, 0.25) is 0 Å². The van der Waals surface area contributed by atoms with Crippen LogP contribution in [0.1, 0.15) is 41.4 Å². The van der Waals surface area contributed by atoms with Crippen LogP contribution in [0.4, 0.5) is 0 Å². The van der Waals surface area contributed by atoms with Gasteiger partial charge in [0.15, 0.2) is 0 Å². The fourth-order valence-corrected chi connectivity index (χ4v) is 4.59. The van der Waals surface area contributed by atoms with E-state index in [1.165, 1.54) is 48.5 Å². The number of benzene rings is 6. The third kappa shape index (κ3) is 6.47. The maximum absolute atomic E-state index is 13.0. The van der Waals surface area contributed by atoms with Gasteiger partial charge in [-0.2, -0.15) is 0 Å². The predicted molar refractivity (Wildman–Crippen MR) is 164 cm³/mol. The molecule has 220 valence electrons. The first-order chi connectivity index (χ1) is 21.7. The second-order valence-corrected chi connectivity index (χ2v) is 9.99. The summed E-state index contributed by atoms with van der Waals surface area (Å²) >= 11 is 0. The van der Waals surface area contributed by atoms with Gasteiger partial charge < -0.3 is 24.4 Å². The normalized spacial score (nSPS) is 10.8. The van der Waals surface area contributed by atoms with Crippen molar-refractivity contribution in [3.8, 4) is 23.0 Å². The number of phenols is 1. The second kappa shape index (κ2) is 12.0. The molecule has 0 saturated heterocycles. The van der Waals surface area contributed by atoms with Gasteiger partial charge >= 0.3 is 23.9 Å². The lowest BCUT2D eigenvalue weighted by Crippen LogP contribution is -2.09. The molecule has 45 heavy (non-hydrogen) atoms. The quantitative estimate of drug-likeness (QED) is 0.146. The predicted octanol–water partition coefficient (Wildman–Crippen LogP) is 7.05. The van der Waals surface area contributed by atoms with Crippen molar-refractivity contribution in [1.82, 2.24) is 0 Å². The minimum absolute atomic E-state index is 0.0645. The van der Waals surface area contributed by atoms with E-state index in [0.717, 1.165) is 21.5 Å². The number of carboxylic acids is 1. The maximum atomic E-state index is 13.0. The van der Waals surface area contributed by atoms with Crippen molar-refractivity contribution in [1.29, 1.82) is 0 Å². The summed E-state index contributed by atoms with van der Waals surface area (Å²) in [5, 5.41) is 21.3. The van der Waals surface area contributed by atoms with Gasteiger partial charge in [0, 0.05) is 0 Å². The van der Waals surface area contributed by atoms with Crippen LogP contribution in [0.5, 0.6) is 23.0 Å². The molecule has 0 aliphatic heterocycles. The molecule has 0 heterocycles. The highest BCUT2D eigenvalue weighted by atomic mass is 16.5. The minimum atomic E-state index is -1.08. The molecule has 0 saturated carbocycles. The van der Waals surface area contributed by atoms with Crippen LogP contribution in [0.2, 0.25) is 0 Å². The number of ether oxygens (including phenoxy) is 3. The lowest BCUT2D eigenvalue weighted by molar-refractivity contribution is 0.0693. The van der Waals surface area contributed by atoms with Crippen molar-refractivity contribution in [2.45, 2.75) is 0 Å². The summed E-state index contributed by atoms with van der Waals surface area (Å²) in [6.45, 7) is 0. The van der Waals surface area contributed by atoms with E-state index >= 15 is 0 Å². The smallest absolute Gasteiger partial charge is 0.343 e. The monoisotopic (exact) mass is 598 g/mol. The van der Waals surface area contributed by atoms with E-state index in [2.05, 4.69) is 0 Å². The molecular formula is C36H22O9. The average Bonchev–Trinajstić information content (AvgIpc) is 3.05. The molecule has 0 aliphatic carbocycles. The summed E-state index contributed by atoms with van der Waals surface area (Å²) in [7, 11) is 0. The van der Waals surface area contributed by atoms with Crippen LogP contribution in [0.15, 0.2) is 121 Å². The van der Waals surface area contributed by atoms with Gasteiger partial charge in [-0.15, -0.1) is 0 Å². The number of hydrogen-bond acceptors (Lipinski definition) is 8. The Labute approximate surface area is 255 Å². The Morgan fingerprint density at radius 1 is 0.400 bits per heavy atom. The highest BCUT2D eigenvalue weighted by molar-refractivity contribution is 6.01. The Morgan fingerprint density at radius 3 is 1.18 bits per heavy atom. The van der Waals surface area contributed by atoms with Crippen LogP contribution in [-0.4, -0.2) is 34.1 Å². The van der Waals surface area contributed by atoms with E-state index in [-0.39, 0.29) is 17.1 Å². The average molecular weight is 599 g/mol. The number of esters is 3. The van der Waals surface area contributed by atoms with Crippen LogP contribution in [-0.2, 0) is 0 Å². The molecule has 9 heteroatoms. The van der Waals surface area contributed by atoms with Gasteiger partial charge in [0.05, 0.1) is 22.3 Å². The molecule has 0 radical (unpaired) electrons. The lowest BCUT2D eigenvalue weighted by Gasteiger charge is -2.09. The molecule has 6 aromatic rings. The van der Waals surface area contributed by atoms with E-state index in [9.17, 15) is 24.3 Å². The first kappa shape index (κ1) is 28.6. The largest absolute Gasteiger partial charge is 0.508 e. The Morgan fingerprint density at radius 2 is 0.733 bits per heavy atom. The number of aromatic carboxylic acids is 1. The molecule has 6 rings (SSSR count). The number of phenolic OH excluding ortho intramolecular Hbond substituents is 1. The molecule has 2 N–H and O–H groups in total. The minimum Gasteiger partial charge on any atom is -0.508 e. The number of carbonyl (C=O) groups is 4. The van der Waals surface area contributed by atoms with E-state index in [4.69, 9.17) is 19.3 Å². The van der Waals surface area contributed by atoms with Gasteiger partial charge in [0.25, 0.3) is 0 Å². The first-order valence-corrected chi connectivity index (χ1v) is 13.6. The van der Waals surface area contributed by atoms with Crippen molar-refractivity contribution in [3.63, 3.8) is 0 Å². The molecule has 6 aromatic carbocycles. The molecule has 0 unspecified atom stereocenters. The van der Waals surface area contributed by atoms with Crippen molar-refractivity contribution in [3.05, 3.63) is 144 Å². The number of hydrogen-bond donors (Lipinski definition) is 2. The molecule has 0 amide bonds. The fourth-order valence-electron chi connectivity index (χ4n) is 4.59. The third-order valence-corrected chi connectivity index (χ3v) is 6.93. The zero-order valence-corrected chi connectivity index (χ0v) is 23.3. The fraction of sp³-hybridized carbons (Fsp3) is 0. The molecule has 0 spiro atoms. The van der Waals surface area contributed by atoms with Crippen LogP contribution in [0.25, 0.3) is 21.5 Å². The summed E-state index contributed by atoms with van der Waals surface area (Å²) in [4.78, 5) is 49.2. The van der Waals surface area contributed by atoms with Gasteiger partial charge in [0.1, 0.15) is 23.0 Å². The highest BCUT2D eigenvalue weighted by Gasteiger charge is 2.15. The number of carboxylic acid groups (broad SMARTS) is 1. The van der Waals surface area contributed by atoms with Gasteiger partial charge in [-0.25, -0.2) is 19.2 Å². The SMILES string of the molecule is O=C(O)c1ccc(OC(=O)c2ccc3cc(OC(=O)c4ccc5cc(C(=O)Oc6ccc(O)cc6)ccc5c4)ccc3c2)cc1. The number of carbonyl (C=O) groups excluding carboxylic acids is 3. The summed E-state index contributed by atoms with van der Waals surface area (Å²) in [6, 6.07) is 31.3. The first-order valence-electron chi connectivity index (χ1n) is 13.6. The number of rotatable bonds is 7. The molecule has 0 aromatic heterocycles. The van der Waals surface area contributed by atoms with Gasteiger partial charge in [-0.3, -0.25) is 0 Å². The van der Waals surface area contributed by atoms with E-state index in [1.54, 1.807) is 72.8 Å². The topological polar surface area (TPSA) is 136 Å². The summed E-state index contributed by atoms with van der Waals surface area (Å²) in [5.74, 6) is -1.91. The van der Waals surface area contributed by atoms with Gasteiger partial charge in [-0.05, 0) is 119 Å². The Balaban J connectivity index is 1.12. The third-order valence-electron chi connectivity index (χ3n) is 6.93. The van der Waals surface area contributed by atoms with E-state index < -0.39 is 23.9 Å². The van der Waals surface area contributed by atoms with E-state index in [0.29, 0.717) is 28.2 Å². The molecule has 0 bridgehead atoms. The Hall–Kier alpha value is -6.48. The van der Waals surface area contributed by atoms with Crippen LogP contribution >= 0.6 is 0 Å². The Bertz CT molecular complexity index is 2110. The molecule has 0 atom stereocenters. The molecule has 0 fully saturated rings. The highest BCUT2D eigenvalue weighted by Crippen LogP contribution is 2.26. The second-order valence-electron chi connectivity index (χ2n) is 9.99. The molecule has 9 nitrogen and oxygen atoms in total. The number of aromatic hydroxyl groups is 1. The molecular weight excluding hydrogens is 576 g/mol. The van der Waals surface area contributed by atoms with Crippen LogP contribution in [0.3, 0.4) is 0 Å². The van der Waals surface area contributed by atoms with Crippen LogP contribution in [0, 0.1) is 0 Å².